The molecule has 102 valence electrons. The summed E-state index contributed by atoms with van der Waals surface area (Å²) in [6, 6.07) is 1.94. The minimum Gasteiger partial charge on any atom is -0.290 e. The second-order valence-electron chi connectivity index (χ2n) is 4.87. The van der Waals surface area contributed by atoms with E-state index in [0.717, 1.165) is 24.6 Å². The van der Waals surface area contributed by atoms with Crippen molar-refractivity contribution in [2.45, 2.75) is 25.1 Å². The Hall–Kier alpha value is -2.16. The average Bonchev–Trinajstić information content (AvgIpc) is 3.17. The quantitative estimate of drug-likeness (QED) is 0.756. The predicted octanol–water partition coefficient (Wildman–Crippen LogP) is 3.81. The second-order valence-corrected chi connectivity index (χ2v) is 4.87. The molecule has 1 saturated carbocycles. The van der Waals surface area contributed by atoms with E-state index in [1.807, 2.05) is 0 Å². The summed E-state index contributed by atoms with van der Waals surface area (Å²) in [5, 5.41) is 0. The maximum Gasteiger partial charge on any atom is 0.433 e. The number of hydrogen-bond donors (Lipinski definition) is 0. The van der Waals surface area contributed by atoms with Crippen LogP contribution in [-0.4, -0.2) is 10.7 Å². The molecular weight excluding hydrogens is 267 g/mol. The highest BCUT2D eigenvalue weighted by Crippen LogP contribution is 2.39. The molecule has 3 nitrogen and oxygen atoms in total. The van der Waals surface area contributed by atoms with Crippen molar-refractivity contribution in [2.75, 3.05) is 0 Å². The van der Waals surface area contributed by atoms with Crippen LogP contribution in [0.1, 0.15) is 30.1 Å². The first-order chi connectivity index (χ1) is 9.49. The average molecular weight is 277 g/mol. The fourth-order valence-electron chi connectivity index (χ4n) is 2.17. The number of aliphatic imine (C=N–C) groups is 1. The molecule has 0 bridgehead atoms. The topological polar surface area (TPSA) is 29.6 Å². The van der Waals surface area contributed by atoms with Gasteiger partial charge in [-0.3, -0.25) is 9.98 Å². The Morgan fingerprint density at radius 2 is 2.00 bits per heavy atom. The number of hydrogen-bond acceptors (Lipinski definition) is 2. The third-order valence-corrected chi connectivity index (χ3v) is 3.36. The molecule has 1 aromatic rings. The number of alkyl halides is 3. The van der Waals surface area contributed by atoms with Crippen LogP contribution in [0.3, 0.4) is 0 Å². The van der Waals surface area contributed by atoms with E-state index in [2.05, 4.69) is 14.8 Å². The van der Waals surface area contributed by atoms with Crippen LogP contribution >= 0.6 is 0 Å². The van der Waals surface area contributed by atoms with Gasteiger partial charge < -0.3 is 0 Å². The molecule has 1 fully saturated rings. The number of aromatic nitrogens is 1. The molecule has 0 radical (unpaired) electrons. The lowest BCUT2D eigenvalue weighted by molar-refractivity contribution is -0.141. The number of rotatable bonds is 2. The van der Waals surface area contributed by atoms with Crippen molar-refractivity contribution in [3.8, 4) is 0 Å². The van der Waals surface area contributed by atoms with Crippen molar-refractivity contribution < 1.29 is 13.2 Å². The molecule has 20 heavy (non-hydrogen) atoms. The van der Waals surface area contributed by atoms with E-state index in [1.54, 1.807) is 6.08 Å². The van der Waals surface area contributed by atoms with E-state index >= 15 is 0 Å². The van der Waals surface area contributed by atoms with Crippen LogP contribution in [0.2, 0.25) is 0 Å². The highest BCUT2D eigenvalue weighted by molar-refractivity contribution is 6.06. The summed E-state index contributed by atoms with van der Waals surface area (Å²) >= 11 is 0. The Labute approximate surface area is 113 Å². The zero-order chi connectivity index (χ0) is 14.3. The first kappa shape index (κ1) is 12.9. The van der Waals surface area contributed by atoms with E-state index in [4.69, 9.17) is 6.57 Å². The Morgan fingerprint density at radius 3 is 2.50 bits per heavy atom. The zero-order valence-electron chi connectivity index (χ0n) is 10.4. The zero-order valence-corrected chi connectivity index (χ0v) is 10.4. The Morgan fingerprint density at radius 1 is 1.25 bits per heavy atom. The lowest BCUT2D eigenvalue weighted by atomic mass is 10.1. The first-order valence-electron chi connectivity index (χ1n) is 6.19. The van der Waals surface area contributed by atoms with Gasteiger partial charge in [-0.2, -0.15) is 13.2 Å². The molecule has 2 heterocycles. The van der Waals surface area contributed by atoms with Crippen molar-refractivity contribution in [2.24, 2.45) is 10.9 Å². The number of nitrogens with zero attached hydrogens (tertiary/aromatic N) is 3. The van der Waals surface area contributed by atoms with Gasteiger partial charge in [0, 0.05) is 11.9 Å². The minimum atomic E-state index is -4.44. The molecule has 0 aromatic carbocycles. The van der Waals surface area contributed by atoms with Gasteiger partial charge in [-0.1, -0.05) is 6.07 Å². The Kier molecular flexibility index (Phi) is 2.85. The smallest absolute Gasteiger partial charge is 0.290 e. The van der Waals surface area contributed by atoms with Crippen molar-refractivity contribution in [3.05, 3.63) is 52.8 Å². The molecule has 2 aliphatic rings. The van der Waals surface area contributed by atoms with E-state index in [0.29, 0.717) is 17.2 Å². The number of pyridine rings is 1. The molecule has 0 N–H and O–H groups in total. The van der Waals surface area contributed by atoms with Crippen LogP contribution in [0.5, 0.6) is 0 Å². The Bertz CT molecular complexity index is 631. The maximum absolute atomic E-state index is 12.4. The molecule has 0 saturated heterocycles. The van der Waals surface area contributed by atoms with Gasteiger partial charge in [0.2, 0.25) is 5.70 Å². The maximum atomic E-state index is 12.4. The third-order valence-electron chi connectivity index (χ3n) is 3.36. The van der Waals surface area contributed by atoms with Gasteiger partial charge in [-0.05, 0) is 36.5 Å². The Balaban J connectivity index is 1.87. The second kappa shape index (κ2) is 4.44. The molecule has 0 amide bonds. The van der Waals surface area contributed by atoms with E-state index in [-0.39, 0.29) is 6.04 Å². The van der Waals surface area contributed by atoms with Crippen molar-refractivity contribution in [3.63, 3.8) is 0 Å². The molecule has 6 heteroatoms. The van der Waals surface area contributed by atoms with Crippen LogP contribution in [0, 0.1) is 12.5 Å². The summed E-state index contributed by atoms with van der Waals surface area (Å²) in [6.07, 6.45) is 0.511. The van der Waals surface area contributed by atoms with Gasteiger partial charge in [0.1, 0.15) is 5.69 Å². The van der Waals surface area contributed by atoms with E-state index in [9.17, 15) is 13.2 Å². The van der Waals surface area contributed by atoms with Gasteiger partial charge in [-0.15, -0.1) is 0 Å². The third kappa shape index (κ3) is 2.31. The predicted molar refractivity (Wildman–Crippen MR) is 66.8 cm³/mol. The fraction of sp³-hybridized carbons (Fsp3) is 0.357. The summed E-state index contributed by atoms with van der Waals surface area (Å²) in [6.45, 7) is 7.13. The van der Waals surface area contributed by atoms with Gasteiger partial charge in [-0.25, -0.2) is 4.85 Å². The summed E-state index contributed by atoms with van der Waals surface area (Å²) in [4.78, 5) is 11.3. The summed E-state index contributed by atoms with van der Waals surface area (Å²) < 4.78 is 37.3. The van der Waals surface area contributed by atoms with Crippen LogP contribution in [-0.2, 0) is 6.18 Å². The highest BCUT2D eigenvalue weighted by atomic mass is 19.4. The lowest BCUT2D eigenvalue weighted by Gasteiger charge is -2.08. The molecule has 0 spiro atoms. The molecule has 1 atom stereocenters. The molecule has 1 unspecified atom stereocenters. The first-order valence-corrected chi connectivity index (χ1v) is 6.19. The molecular formula is C14H10F3N3. The highest BCUT2D eigenvalue weighted by Gasteiger charge is 2.35. The van der Waals surface area contributed by atoms with Crippen LogP contribution in [0.15, 0.2) is 35.1 Å². The van der Waals surface area contributed by atoms with Crippen LogP contribution in [0.4, 0.5) is 13.2 Å². The molecule has 3 rings (SSSR count). The molecule has 1 aliphatic carbocycles. The summed E-state index contributed by atoms with van der Waals surface area (Å²) in [7, 11) is 0. The van der Waals surface area contributed by atoms with E-state index in [1.165, 1.54) is 12.3 Å². The normalized spacial score (nSPS) is 22.2. The molecule has 1 aromatic heterocycles. The largest absolute Gasteiger partial charge is 0.433 e. The summed E-state index contributed by atoms with van der Waals surface area (Å²) in [5.74, 6) is 0.350. The number of halogens is 3. The van der Waals surface area contributed by atoms with Crippen LogP contribution < -0.4 is 0 Å². The SMILES string of the molecule is [C-]#[N+]C1=CC(c2ccc(C(F)(F)F)nc2)N=C1C1CC1. The lowest BCUT2D eigenvalue weighted by Crippen LogP contribution is -2.08. The van der Waals surface area contributed by atoms with Crippen LogP contribution in [0.25, 0.3) is 4.85 Å². The van der Waals surface area contributed by atoms with Gasteiger partial charge in [0.25, 0.3) is 0 Å². The number of allylic oxidation sites excluding steroid dienone is 1. The van der Waals surface area contributed by atoms with Gasteiger partial charge in [0.15, 0.2) is 0 Å². The van der Waals surface area contributed by atoms with Crippen molar-refractivity contribution >= 4 is 5.71 Å². The van der Waals surface area contributed by atoms with Gasteiger partial charge >= 0.3 is 6.18 Å². The summed E-state index contributed by atoms with van der Waals surface area (Å²) in [5.41, 5.74) is 0.983. The van der Waals surface area contributed by atoms with Crippen molar-refractivity contribution in [1.82, 2.24) is 4.98 Å². The fourth-order valence-corrected chi connectivity index (χ4v) is 2.17. The minimum absolute atomic E-state index is 0.350. The molecule has 1 aliphatic heterocycles. The van der Waals surface area contributed by atoms with E-state index < -0.39 is 11.9 Å². The van der Waals surface area contributed by atoms with Crippen molar-refractivity contribution in [1.29, 1.82) is 0 Å². The van der Waals surface area contributed by atoms with Gasteiger partial charge in [0.05, 0.1) is 12.6 Å². The monoisotopic (exact) mass is 277 g/mol. The standard InChI is InChI=1S/C14H10F3N3/c1-18-11-6-10(20-13(11)8-2-3-8)9-4-5-12(19-7-9)14(15,16)17/h4-8,10H,2-3H2.